The summed E-state index contributed by atoms with van der Waals surface area (Å²) in [6.45, 7) is 6.34. The number of hydrogen-bond donors (Lipinski definition) is 0. The minimum absolute atomic E-state index is 0.110. The highest BCUT2D eigenvalue weighted by molar-refractivity contribution is 5.98. The molecule has 2 aromatic rings. The van der Waals surface area contributed by atoms with E-state index in [2.05, 4.69) is 0 Å². The highest BCUT2D eigenvalue weighted by atomic mass is 16.5. The average molecular weight is 270 g/mol. The summed E-state index contributed by atoms with van der Waals surface area (Å²) in [7, 11) is 0. The van der Waals surface area contributed by atoms with E-state index in [0.29, 0.717) is 24.3 Å². The van der Waals surface area contributed by atoms with Gasteiger partial charge in [-0.2, -0.15) is 0 Å². The largest absolute Gasteiger partial charge is 0.488 e. The van der Waals surface area contributed by atoms with E-state index in [-0.39, 0.29) is 5.78 Å². The number of hydrogen-bond acceptors (Lipinski definition) is 2. The fraction of sp³-hybridized carbons (Fsp3) is 0.278. The second kappa shape index (κ2) is 8.92. The van der Waals surface area contributed by atoms with Gasteiger partial charge in [0.05, 0.1) is 5.56 Å². The van der Waals surface area contributed by atoms with Gasteiger partial charge in [0.15, 0.2) is 5.78 Å². The Morgan fingerprint density at radius 3 is 2.20 bits per heavy atom. The van der Waals surface area contributed by atoms with Gasteiger partial charge in [-0.25, -0.2) is 0 Å². The number of benzene rings is 2. The number of para-hydroxylation sites is 1. The standard InChI is InChI=1S/C16H16O2.C2H6/c1-2-15(17)14-10-6-7-11-16(14)18-12-13-8-4-3-5-9-13;1-2/h3-11H,2,12H2,1H3;1-2H3. The fourth-order valence-electron chi connectivity index (χ4n) is 1.75. The third-order valence-electron chi connectivity index (χ3n) is 2.75. The van der Waals surface area contributed by atoms with E-state index in [4.69, 9.17) is 4.74 Å². The molecule has 0 spiro atoms. The number of Topliss-reactive ketones (excluding diaryl/α,β-unsaturated/α-hetero) is 1. The van der Waals surface area contributed by atoms with Gasteiger partial charge in [0.1, 0.15) is 12.4 Å². The van der Waals surface area contributed by atoms with Crippen molar-refractivity contribution >= 4 is 5.78 Å². The quantitative estimate of drug-likeness (QED) is 0.723. The molecule has 0 N–H and O–H groups in total. The summed E-state index contributed by atoms with van der Waals surface area (Å²) in [5.41, 5.74) is 1.76. The van der Waals surface area contributed by atoms with Gasteiger partial charge in [-0.1, -0.05) is 63.2 Å². The smallest absolute Gasteiger partial charge is 0.166 e. The maximum atomic E-state index is 11.8. The van der Waals surface area contributed by atoms with E-state index in [1.165, 1.54) is 0 Å². The van der Waals surface area contributed by atoms with E-state index < -0.39 is 0 Å². The molecule has 0 radical (unpaired) electrons. The molecule has 0 fully saturated rings. The van der Waals surface area contributed by atoms with Gasteiger partial charge in [0.2, 0.25) is 0 Å². The molecule has 2 rings (SSSR count). The summed E-state index contributed by atoms with van der Waals surface area (Å²) in [5.74, 6) is 0.770. The van der Waals surface area contributed by atoms with E-state index in [0.717, 1.165) is 5.56 Å². The molecular weight excluding hydrogens is 248 g/mol. The van der Waals surface area contributed by atoms with Gasteiger partial charge in [0.25, 0.3) is 0 Å². The third-order valence-corrected chi connectivity index (χ3v) is 2.75. The van der Waals surface area contributed by atoms with Gasteiger partial charge in [-0.05, 0) is 17.7 Å². The van der Waals surface area contributed by atoms with Crippen LogP contribution >= 0.6 is 0 Å². The van der Waals surface area contributed by atoms with Crippen molar-refractivity contribution in [3.8, 4) is 5.75 Å². The van der Waals surface area contributed by atoms with E-state index in [1.807, 2.05) is 75.4 Å². The molecule has 0 saturated heterocycles. The van der Waals surface area contributed by atoms with Crippen LogP contribution in [0.1, 0.15) is 43.1 Å². The van der Waals surface area contributed by atoms with Crippen molar-refractivity contribution in [2.75, 3.05) is 0 Å². The molecule has 0 bridgehead atoms. The van der Waals surface area contributed by atoms with Crippen LogP contribution in [-0.2, 0) is 6.61 Å². The Hall–Kier alpha value is -2.09. The molecule has 0 amide bonds. The molecule has 0 atom stereocenters. The van der Waals surface area contributed by atoms with E-state index in [9.17, 15) is 4.79 Å². The van der Waals surface area contributed by atoms with Crippen LogP contribution in [0.4, 0.5) is 0 Å². The van der Waals surface area contributed by atoms with Crippen LogP contribution in [0, 0.1) is 0 Å². The lowest BCUT2D eigenvalue weighted by molar-refractivity contribution is 0.0983. The molecule has 0 heterocycles. The Labute approximate surface area is 121 Å². The van der Waals surface area contributed by atoms with Crippen molar-refractivity contribution in [2.24, 2.45) is 0 Å². The molecular formula is C18H22O2. The van der Waals surface area contributed by atoms with Gasteiger partial charge < -0.3 is 4.74 Å². The minimum Gasteiger partial charge on any atom is -0.488 e. The van der Waals surface area contributed by atoms with Crippen molar-refractivity contribution in [1.29, 1.82) is 0 Å². The molecule has 0 aliphatic rings. The Morgan fingerprint density at radius 1 is 0.950 bits per heavy atom. The van der Waals surface area contributed by atoms with E-state index in [1.54, 1.807) is 0 Å². The number of carbonyl (C=O) groups excluding carboxylic acids is 1. The molecule has 106 valence electrons. The first-order valence-electron chi connectivity index (χ1n) is 7.10. The monoisotopic (exact) mass is 270 g/mol. The van der Waals surface area contributed by atoms with Crippen LogP contribution in [0.25, 0.3) is 0 Å². The molecule has 0 unspecified atom stereocenters. The van der Waals surface area contributed by atoms with Crippen molar-refractivity contribution in [2.45, 2.75) is 33.8 Å². The van der Waals surface area contributed by atoms with Crippen LogP contribution in [0.2, 0.25) is 0 Å². The lowest BCUT2D eigenvalue weighted by Crippen LogP contribution is -2.03. The highest BCUT2D eigenvalue weighted by Gasteiger charge is 2.09. The molecule has 20 heavy (non-hydrogen) atoms. The Morgan fingerprint density at radius 2 is 1.55 bits per heavy atom. The number of rotatable bonds is 5. The van der Waals surface area contributed by atoms with Gasteiger partial charge in [-0.15, -0.1) is 0 Å². The zero-order chi connectivity index (χ0) is 14.8. The lowest BCUT2D eigenvalue weighted by Gasteiger charge is -2.10. The summed E-state index contributed by atoms with van der Waals surface area (Å²) >= 11 is 0. The Balaban J connectivity index is 0.000000956. The number of carbonyl (C=O) groups is 1. The summed E-state index contributed by atoms with van der Waals surface area (Å²) in [5, 5.41) is 0. The number of ether oxygens (including phenoxy) is 1. The van der Waals surface area contributed by atoms with Gasteiger partial charge in [0, 0.05) is 6.42 Å². The Bertz CT molecular complexity index is 518. The average Bonchev–Trinajstić information content (AvgIpc) is 2.55. The van der Waals surface area contributed by atoms with Crippen LogP contribution in [0.15, 0.2) is 54.6 Å². The van der Waals surface area contributed by atoms with Crippen molar-refractivity contribution < 1.29 is 9.53 Å². The second-order valence-corrected chi connectivity index (χ2v) is 4.05. The van der Waals surface area contributed by atoms with E-state index >= 15 is 0 Å². The van der Waals surface area contributed by atoms with Crippen molar-refractivity contribution in [1.82, 2.24) is 0 Å². The van der Waals surface area contributed by atoms with Crippen molar-refractivity contribution in [3.05, 3.63) is 65.7 Å². The molecule has 2 aromatic carbocycles. The third kappa shape index (κ3) is 4.54. The molecule has 0 aliphatic carbocycles. The first-order chi connectivity index (χ1) is 9.81. The topological polar surface area (TPSA) is 26.3 Å². The van der Waals surface area contributed by atoms with Crippen LogP contribution in [-0.4, -0.2) is 5.78 Å². The Kier molecular flexibility index (Phi) is 7.12. The first kappa shape index (κ1) is 16.0. The first-order valence-corrected chi connectivity index (χ1v) is 7.10. The summed E-state index contributed by atoms with van der Waals surface area (Å²) < 4.78 is 5.73. The fourth-order valence-corrected chi connectivity index (χ4v) is 1.75. The molecule has 2 heteroatoms. The lowest BCUT2D eigenvalue weighted by atomic mass is 10.1. The van der Waals surface area contributed by atoms with Crippen LogP contribution < -0.4 is 4.74 Å². The van der Waals surface area contributed by atoms with Crippen LogP contribution in [0.5, 0.6) is 5.75 Å². The van der Waals surface area contributed by atoms with Crippen LogP contribution in [0.3, 0.4) is 0 Å². The van der Waals surface area contributed by atoms with Crippen molar-refractivity contribution in [3.63, 3.8) is 0 Å². The molecule has 0 saturated carbocycles. The SMILES string of the molecule is CC.CCC(=O)c1ccccc1OCc1ccccc1. The predicted octanol–water partition coefficient (Wildman–Crippen LogP) is 4.88. The summed E-state index contributed by atoms with van der Waals surface area (Å²) in [6.07, 6.45) is 0.492. The minimum atomic E-state index is 0.110. The summed E-state index contributed by atoms with van der Waals surface area (Å²) in [6, 6.07) is 17.3. The molecule has 0 aliphatic heterocycles. The maximum Gasteiger partial charge on any atom is 0.166 e. The zero-order valence-electron chi connectivity index (χ0n) is 12.4. The molecule has 2 nitrogen and oxygen atoms in total. The normalized spacial score (nSPS) is 9.35. The molecule has 0 aromatic heterocycles. The van der Waals surface area contributed by atoms with Gasteiger partial charge >= 0.3 is 0 Å². The maximum absolute atomic E-state index is 11.8. The predicted molar refractivity (Wildman–Crippen MR) is 83.2 cm³/mol. The summed E-state index contributed by atoms with van der Waals surface area (Å²) in [4.78, 5) is 11.8. The second-order valence-electron chi connectivity index (χ2n) is 4.05. The highest BCUT2D eigenvalue weighted by Crippen LogP contribution is 2.20. The number of ketones is 1. The van der Waals surface area contributed by atoms with Gasteiger partial charge in [-0.3, -0.25) is 4.79 Å². The zero-order valence-corrected chi connectivity index (χ0v) is 12.4.